The molecule has 0 heterocycles. The largest absolute Gasteiger partial charge is 0.480 e. The van der Waals surface area contributed by atoms with E-state index in [9.17, 15) is 19.2 Å². The molecule has 9 heteroatoms. The van der Waals surface area contributed by atoms with Crippen LogP contribution in [-0.2, 0) is 23.9 Å². The molecule has 2 unspecified atom stereocenters. The highest BCUT2D eigenvalue weighted by molar-refractivity contribution is 5.87. The number of carbonyl (C=O) groups is 4. The van der Waals surface area contributed by atoms with Gasteiger partial charge in [0.25, 0.3) is 0 Å². The zero-order valence-corrected chi connectivity index (χ0v) is 28.0. The number of hydrogen-bond donors (Lipinski definition) is 4. The number of aliphatic carboxylic acids is 1. The Kier molecular flexibility index (Phi) is 28.7. The number of unbranched alkanes of at least 4 members (excludes halogenated alkanes) is 6. The summed E-state index contributed by atoms with van der Waals surface area (Å²) in [6.45, 7) is 3.14. The van der Waals surface area contributed by atoms with Gasteiger partial charge in [0.15, 0.2) is 0 Å². The molecule has 0 aliphatic carbocycles. The maximum atomic E-state index is 12.5. The summed E-state index contributed by atoms with van der Waals surface area (Å²) in [7, 11) is 0. The van der Waals surface area contributed by atoms with E-state index < -0.39 is 30.6 Å². The molecule has 0 spiro atoms. The lowest BCUT2D eigenvalue weighted by atomic mass is 10.1. The van der Waals surface area contributed by atoms with E-state index in [0.29, 0.717) is 12.8 Å². The van der Waals surface area contributed by atoms with Gasteiger partial charge in [-0.1, -0.05) is 87.4 Å². The van der Waals surface area contributed by atoms with Crippen LogP contribution in [0.4, 0.5) is 0 Å². The molecule has 46 heavy (non-hydrogen) atoms. The predicted octanol–water partition coefficient (Wildman–Crippen LogP) is 6.80. The van der Waals surface area contributed by atoms with Crippen LogP contribution >= 0.6 is 0 Å². The first-order chi connectivity index (χ1) is 22.3. The average Bonchev–Trinajstić information content (AvgIpc) is 3.03. The highest BCUT2D eigenvalue weighted by Crippen LogP contribution is 2.10. The molecule has 258 valence electrons. The maximum Gasteiger partial charge on any atom is 0.328 e. The Morgan fingerprint density at radius 2 is 1.20 bits per heavy atom. The molecule has 0 aliphatic rings. The van der Waals surface area contributed by atoms with Gasteiger partial charge in [-0.25, -0.2) is 4.79 Å². The normalized spacial score (nSPS) is 13.5. The van der Waals surface area contributed by atoms with Crippen molar-refractivity contribution in [2.45, 2.75) is 122 Å². The molecule has 0 rings (SSSR count). The van der Waals surface area contributed by atoms with E-state index in [0.717, 1.165) is 77.0 Å². The van der Waals surface area contributed by atoms with Gasteiger partial charge in [0, 0.05) is 12.8 Å². The van der Waals surface area contributed by atoms with E-state index in [1.165, 1.54) is 0 Å². The Hall–Kier alpha value is -3.72. The average molecular weight is 643 g/mol. The number of esters is 1. The number of carboxylic acids is 1. The molecule has 0 radical (unpaired) electrons. The first kappa shape index (κ1) is 42.3. The monoisotopic (exact) mass is 642 g/mol. The summed E-state index contributed by atoms with van der Waals surface area (Å²) in [5.74, 6) is -2.52. The summed E-state index contributed by atoms with van der Waals surface area (Å²) in [6, 6.07) is -1.40. The predicted molar refractivity (Wildman–Crippen MR) is 185 cm³/mol. The minimum Gasteiger partial charge on any atom is -0.480 e. The van der Waals surface area contributed by atoms with Crippen LogP contribution < -0.4 is 10.6 Å². The molecule has 0 aromatic carbocycles. The van der Waals surface area contributed by atoms with Gasteiger partial charge in [-0.05, 0) is 82.8 Å². The maximum absolute atomic E-state index is 12.5. The summed E-state index contributed by atoms with van der Waals surface area (Å²) in [4.78, 5) is 47.0. The van der Waals surface area contributed by atoms with E-state index >= 15 is 0 Å². The number of ether oxygens (including phenoxy) is 1. The third-order valence-corrected chi connectivity index (χ3v) is 6.66. The quantitative estimate of drug-likeness (QED) is 0.0418. The smallest absolute Gasteiger partial charge is 0.328 e. The summed E-state index contributed by atoms with van der Waals surface area (Å²) in [5.41, 5.74) is 0. The van der Waals surface area contributed by atoms with Crippen molar-refractivity contribution in [2.24, 2.45) is 0 Å². The molecule has 2 amide bonds. The van der Waals surface area contributed by atoms with Crippen LogP contribution in [0, 0.1) is 0 Å². The van der Waals surface area contributed by atoms with E-state index in [-0.39, 0.29) is 24.8 Å². The van der Waals surface area contributed by atoms with Gasteiger partial charge in [0.05, 0.1) is 13.2 Å². The van der Waals surface area contributed by atoms with Crippen LogP contribution in [0.2, 0.25) is 0 Å². The number of hydrogen-bond acceptors (Lipinski definition) is 6. The van der Waals surface area contributed by atoms with Crippen LogP contribution in [0.25, 0.3) is 0 Å². The molecule has 2 atom stereocenters. The fraction of sp³-hybridized carbons (Fsp3) is 0.568. The Morgan fingerprint density at radius 1 is 0.652 bits per heavy atom. The molecule has 0 aromatic heterocycles. The fourth-order valence-electron chi connectivity index (χ4n) is 4.10. The topological polar surface area (TPSA) is 142 Å². The second kappa shape index (κ2) is 31.3. The van der Waals surface area contributed by atoms with Crippen molar-refractivity contribution in [3.8, 4) is 0 Å². The highest BCUT2D eigenvalue weighted by Gasteiger charge is 2.18. The minimum atomic E-state index is -1.40. The Balaban J connectivity index is 4.34. The summed E-state index contributed by atoms with van der Waals surface area (Å²) >= 11 is 0. The first-order valence-corrected chi connectivity index (χ1v) is 16.9. The molecule has 0 aliphatic heterocycles. The van der Waals surface area contributed by atoms with Gasteiger partial charge < -0.3 is 25.6 Å². The highest BCUT2D eigenvalue weighted by atomic mass is 16.5. The third kappa shape index (κ3) is 27.8. The van der Waals surface area contributed by atoms with Gasteiger partial charge in [0.2, 0.25) is 11.8 Å². The molecule has 0 fully saturated rings. The van der Waals surface area contributed by atoms with Crippen LogP contribution in [0.5, 0.6) is 0 Å². The van der Waals surface area contributed by atoms with Gasteiger partial charge in [-0.3, -0.25) is 14.4 Å². The lowest BCUT2D eigenvalue weighted by Crippen LogP contribution is -2.47. The van der Waals surface area contributed by atoms with Crippen molar-refractivity contribution in [1.29, 1.82) is 0 Å². The van der Waals surface area contributed by atoms with Crippen molar-refractivity contribution < 1.29 is 34.1 Å². The molecule has 0 bridgehead atoms. The standard InChI is InChI=1S/C37H58N2O7/c1-3-5-7-9-10-11-12-13-14-15-16-21-25-29-36(43)46-32(26-22-18-8-6-4-2)27-23-19-17-20-24-28-34(41)38-30-35(42)39-33(31-40)37(44)45/h5-8,10-11,13-14,22-23,26-27,32-33,40H,3-4,9,12,15-21,24-25,28-31H2,1-2H3,(H,38,41)(H,39,42)(H,44,45)/b7-5-,8-6-,11-10-,14-13-,26-22-,27-23-. The fourth-order valence-corrected chi connectivity index (χ4v) is 4.10. The molecule has 0 aromatic rings. The van der Waals surface area contributed by atoms with E-state index in [2.05, 4.69) is 73.1 Å². The van der Waals surface area contributed by atoms with Gasteiger partial charge in [-0.2, -0.15) is 0 Å². The van der Waals surface area contributed by atoms with Crippen molar-refractivity contribution >= 4 is 23.8 Å². The SMILES string of the molecule is CC/C=C\C/C=C\C/C=C\CCCCCC(=O)OC(/C=C\C/C=C\CC)/C=C\CCCCCC(=O)NCC(=O)NC(CO)C(=O)O. The molecule has 9 nitrogen and oxygen atoms in total. The van der Waals surface area contributed by atoms with Crippen LogP contribution in [-0.4, -0.2) is 59.3 Å². The molecule has 0 saturated carbocycles. The van der Waals surface area contributed by atoms with Crippen LogP contribution in [0.15, 0.2) is 72.9 Å². The number of carbonyl (C=O) groups excluding carboxylic acids is 3. The van der Waals surface area contributed by atoms with Crippen molar-refractivity contribution in [2.75, 3.05) is 13.2 Å². The Morgan fingerprint density at radius 3 is 1.80 bits per heavy atom. The third-order valence-electron chi connectivity index (χ3n) is 6.66. The first-order valence-electron chi connectivity index (χ1n) is 16.9. The van der Waals surface area contributed by atoms with Crippen molar-refractivity contribution in [3.63, 3.8) is 0 Å². The second-order valence-electron chi connectivity index (χ2n) is 10.8. The number of aliphatic hydroxyl groups is 1. The van der Waals surface area contributed by atoms with Gasteiger partial charge in [0.1, 0.15) is 12.1 Å². The number of aliphatic hydroxyl groups excluding tert-OH is 1. The summed E-state index contributed by atoms with van der Waals surface area (Å²) in [5, 5.41) is 22.4. The second-order valence-corrected chi connectivity index (χ2v) is 10.8. The van der Waals surface area contributed by atoms with Crippen molar-refractivity contribution in [1.82, 2.24) is 10.6 Å². The van der Waals surface area contributed by atoms with E-state index in [1.54, 1.807) is 0 Å². The molecular weight excluding hydrogens is 584 g/mol. The van der Waals surface area contributed by atoms with E-state index in [1.807, 2.05) is 24.3 Å². The Bertz CT molecular complexity index is 1010. The number of amides is 2. The molecular formula is C37H58N2O7. The lowest BCUT2D eigenvalue weighted by Gasteiger charge is -2.12. The zero-order chi connectivity index (χ0) is 34.1. The van der Waals surface area contributed by atoms with Crippen LogP contribution in [0.1, 0.15) is 110 Å². The summed E-state index contributed by atoms with van der Waals surface area (Å²) in [6.07, 6.45) is 37.0. The number of allylic oxidation sites excluding steroid dienone is 10. The number of carboxylic acid groups (broad SMARTS) is 1. The number of rotatable bonds is 28. The van der Waals surface area contributed by atoms with Gasteiger partial charge in [-0.15, -0.1) is 0 Å². The number of nitrogens with one attached hydrogen (secondary N) is 2. The summed E-state index contributed by atoms with van der Waals surface area (Å²) < 4.78 is 5.72. The molecule has 0 saturated heterocycles. The van der Waals surface area contributed by atoms with Crippen molar-refractivity contribution in [3.05, 3.63) is 72.9 Å². The Labute approximate surface area is 276 Å². The molecule has 4 N–H and O–H groups in total. The van der Waals surface area contributed by atoms with Crippen LogP contribution in [0.3, 0.4) is 0 Å². The van der Waals surface area contributed by atoms with Gasteiger partial charge >= 0.3 is 11.9 Å². The zero-order valence-electron chi connectivity index (χ0n) is 28.0. The van der Waals surface area contributed by atoms with E-state index in [4.69, 9.17) is 14.9 Å². The minimum absolute atomic E-state index is 0.198. The lowest BCUT2D eigenvalue weighted by molar-refractivity contribution is -0.145.